The lowest BCUT2D eigenvalue weighted by Gasteiger charge is -2.31. The van der Waals surface area contributed by atoms with Crippen molar-refractivity contribution in [3.05, 3.63) is 59.8 Å². The zero-order valence-electron chi connectivity index (χ0n) is 18.5. The number of piperidine rings is 1. The van der Waals surface area contributed by atoms with Crippen LogP contribution in [0.5, 0.6) is 0 Å². The Morgan fingerprint density at radius 1 is 1.06 bits per heavy atom. The lowest BCUT2D eigenvalue weighted by Crippen LogP contribution is -2.38. The Labute approximate surface area is 184 Å². The molecule has 0 spiro atoms. The van der Waals surface area contributed by atoms with Crippen LogP contribution in [0, 0.1) is 5.92 Å². The highest BCUT2D eigenvalue weighted by molar-refractivity contribution is 5.78. The Kier molecular flexibility index (Phi) is 8.27. The summed E-state index contributed by atoms with van der Waals surface area (Å²) in [6.45, 7) is 5.66. The molecule has 1 aromatic heterocycles. The van der Waals surface area contributed by atoms with Crippen molar-refractivity contribution in [2.45, 2.75) is 39.3 Å². The lowest BCUT2D eigenvalue weighted by molar-refractivity contribution is -0.121. The standard InChI is InChI=1S/C24H33N5O2/c1-19-11-14-29(15-12-19)22-9-8-21(16-26-22)17-27-23(30)10-13-25-24(31)28(2)18-20-6-4-3-5-7-20/h3-9,16,19H,10-15,17-18H2,1-2H3,(H,25,31)(H,27,30). The number of urea groups is 1. The SMILES string of the molecule is CC1CCN(c2ccc(CNC(=O)CCNC(=O)N(C)Cc3ccccc3)cn2)CC1. The van der Waals surface area contributed by atoms with Crippen LogP contribution in [0.2, 0.25) is 0 Å². The maximum absolute atomic E-state index is 12.2. The van der Waals surface area contributed by atoms with E-state index in [0.717, 1.165) is 36.0 Å². The molecule has 0 radical (unpaired) electrons. The van der Waals surface area contributed by atoms with E-state index in [1.165, 1.54) is 12.8 Å². The summed E-state index contributed by atoms with van der Waals surface area (Å²) in [4.78, 5) is 32.7. The van der Waals surface area contributed by atoms with Crippen LogP contribution in [0.1, 0.15) is 37.3 Å². The number of anilines is 1. The first-order valence-corrected chi connectivity index (χ1v) is 11.0. The van der Waals surface area contributed by atoms with Crippen LogP contribution in [0.4, 0.5) is 10.6 Å². The number of hydrogen-bond donors (Lipinski definition) is 2. The molecule has 0 atom stereocenters. The van der Waals surface area contributed by atoms with Gasteiger partial charge in [0.1, 0.15) is 5.82 Å². The molecule has 1 aliphatic rings. The monoisotopic (exact) mass is 423 g/mol. The molecule has 0 saturated carbocycles. The van der Waals surface area contributed by atoms with Crippen LogP contribution in [-0.2, 0) is 17.9 Å². The molecule has 1 aliphatic heterocycles. The van der Waals surface area contributed by atoms with E-state index in [2.05, 4.69) is 27.4 Å². The molecule has 31 heavy (non-hydrogen) atoms. The summed E-state index contributed by atoms with van der Waals surface area (Å²) in [7, 11) is 1.74. The summed E-state index contributed by atoms with van der Waals surface area (Å²) >= 11 is 0. The molecule has 0 unspecified atom stereocenters. The minimum atomic E-state index is -0.191. The normalized spacial score (nSPS) is 14.2. The van der Waals surface area contributed by atoms with Crippen molar-refractivity contribution < 1.29 is 9.59 Å². The number of nitrogens with zero attached hydrogens (tertiary/aromatic N) is 3. The first-order valence-electron chi connectivity index (χ1n) is 11.0. The number of carbonyl (C=O) groups is 2. The van der Waals surface area contributed by atoms with Gasteiger partial charge in [-0.25, -0.2) is 9.78 Å². The highest BCUT2D eigenvalue weighted by atomic mass is 16.2. The van der Waals surface area contributed by atoms with Crippen LogP contribution >= 0.6 is 0 Å². The largest absolute Gasteiger partial charge is 0.357 e. The summed E-state index contributed by atoms with van der Waals surface area (Å²) in [6, 6.07) is 13.6. The number of amides is 3. The minimum Gasteiger partial charge on any atom is -0.357 e. The highest BCUT2D eigenvalue weighted by Gasteiger charge is 2.16. The number of aromatic nitrogens is 1. The zero-order valence-corrected chi connectivity index (χ0v) is 18.5. The van der Waals surface area contributed by atoms with Crippen LogP contribution in [0.25, 0.3) is 0 Å². The van der Waals surface area contributed by atoms with Gasteiger partial charge >= 0.3 is 6.03 Å². The van der Waals surface area contributed by atoms with E-state index in [-0.39, 0.29) is 18.4 Å². The summed E-state index contributed by atoms with van der Waals surface area (Å²) in [5, 5.41) is 5.68. The van der Waals surface area contributed by atoms with Gasteiger partial charge in [-0.2, -0.15) is 0 Å². The molecule has 2 aromatic rings. The molecule has 2 heterocycles. The Bertz CT molecular complexity index is 833. The number of hydrogen-bond acceptors (Lipinski definition) is 4. The molecule has 7 nitrogen and oxygen atoms in total. The molecule has 3 rings (SSSR count). The first-order chi connectivity index (χ1) is 15.0. The second-order valence-electron chi connectivity index (χ2n) is 8.29. The number of benzene rings is 1. The van der Waals surface area contributed by atoms with E-state index < -0.39 is 0 Å². The van der Waals surface area contributed by atoms with E-state index in [1.54, 1.807) is 11.9 Å². The van der Waals surface area contributed by atoms with Crippen molar-refractivity contribution in [3.8, 4) is 0 Å². The summed E-state index contributed by atoms with van der Waals surface area (Å²) in [6.07, 6.45) is 4.48. The maximum Gasteiger partial charge on any atom is 0.317 e. The van der Waals surface area contributed by atoms with Gasteiger partial charge < -0.3 is 20.4 Å². The molecule has 7 heteroatoms. The van der Waals surface area contributed by atoms with Gasteiger partial charge in [-0.15, -0.1) is 0 Å². The van der Waals surface area contributed by atoms with Crippen molar-refractivity contribution in [2.24, 2.45) is 5.92 Å². The predicted molar refractivity (Wildman–Crippen MR) is 123 cm³/mol. The van der Waals surface area contributed by atoms with Crippen molar-refractivity contribution >= 4 is 17.8 Å². The van der Waals surface area contributed by atoms with E-state index in [9.17, 15) is 9.59 Å². The van der Waals surface area contributed by atoms with Crippen molar-refractivity contribution in [2.75, 3.05) is 31.6 Å². The molecule has 166 valence electrons. The quantitative estimate of drug-likeness (QED) is 0.684. The smallest absolute Gasteiger partial charge is 0.317 e. The first kappa shape index (κ1) is 22.6. The number of carbonyl (C=O) groups excluding carboxylic acids is 2. The number of pyridine rings is 1. The zero-order chi connectivity index (χ0) is 22.1. The molecule has 1 fully saturated rings. The van der Waals surface area contributed by atoms with E-state index >= 15 is 0 Å². The fourth-order valence-electron chi connectivity index (χ4n) is 3.58. The molecule has 0 bridgehead atoms. The van der Waals surface area contributed by atoms with Gasteiger partial charge in [-0.05, 0) is 36.0 Å². The average Bonchev–Trinajstić information content (AvgIpc) is 2.79. The molecule has 3 amide bonds. The topological polar surface area (TPSA) is 77.6 Å². The third kappa shape index (κ3) is 7.27. The summed E-state index contributed by atoms with van der Waals surface area (Å²) in [5.41, 5.74) is 2.03. The Morgan fingerprint density at radius 2 is 1.81 bits per heavy atom. The summed E-state index contributed by atoms with van der Waals surface area (Å²) in [5.74, 6) is 1.70. The predicted octanol–water partition coefficient (Wildman–Crippen LogP) is 3.17. The Morgan fingerprint density at radius 3 is 2.48 bits per heavy atom. The van der Waals surface area contributed by atoms with Crippen LogP contribution < -0.4 is 15.5 Å². The fraction of sp³-hybridized carbons (Fsp3) is 0.458. The van der Waals surface area contributed by atoms with E-state index in [0.29, 0.717) is 19.6 Å². The molecule has 2 N–H and O–H groups in total. The average molecular weight is 424 g/mol. The van der Waals surface area contributed by atoms with Gasteiger partial charge in [0.2, 0.25) is 5.91 Å². The fourth-order valence-corrected chi connectivity index (χ4v) is 3.58. The van der Waals surface area contributed by atoms with Crippen LogP contribution in [0.15, 0.2) is 48.7 Å². The molecule has 1 saturated heterocycles. The van der Waals surface area contributed by atoms with E-state index in [1.807, 2.05) is 48.7 Å². The van der Waals surface area contributed by atoms with Crippen molar-refractivity contribution in [1.82, 2.24) is 20.5 Å². The molecular weight excluding hydrogens is 390 g/mol. The molecule has 0 aliphatic carbocycles. The number of rotatable bonds is 8. The van der Waals surface area contributed by atoms with Gasteiger partial charge in [0.25, 0.3) is 0 Å². The van der Waals surface area contributed by atoms with Crippen molar-refractivity contribution in [3.63, 3.8) is 0 Å². The van der Waals surface area contributed by atoms with Crippen LogP contribution in [0.3, 0.4) is 0 Å². The second kappa shape index (κ2) is 11.3. The van der Waals surface area contributed by atoms with Gasteiger partial charge in [-0.3, -0.25) is 4.79 Å². The summed E-state index contributed by atoms with van der Waals surface area (Å²) < 4.78 is 0. The molecular formula is C24H33N5O2. The second-order valence-corrected chi connectivity index (χ2v) is 8.29. The van der Waals surface area contributed by atoms with Gasteiger partial charge in [0, 0.05) is 52.4 Å². The minimum absolute atomic E-state index is 0.0971. The van der Waals surface area contributed by atoms with Gasteiger partial charge in [-0.1, -0.05) is 43.3 Å². The Balaban J connectivity index is 1.33. The maximum atomic E-state index is 12.2. The highest BCUT2D eigenvalue weighted by Crippen LogP contribution is 2.21. The Hall–Kier alpha value is -3.09. The van der Waals surface area contributed by atoms with Crippen LogP contribution in [-0.4, -0.2) is 48.5 Å². The van der Waals surface area contributed by atoms with Gasteiger partial charge in [0.05, 0.1) is 0 Å². The molecule has 1 aromatic carbocycles. The third-order valence-corrected chi connectivity index (χ3v) is 5.64. The lowest BCUT2D eigenvalue weighted by atomic mass is 9.99. The third-order valence-electron chi connectivity index (χ3n) is 5.64. The number of nitrogens with one attached hydrogen (secondary N) is 2. The van der Waals surface area contributed by atoms with Crippen molar-refractivity contribution in [1.29, 1.82) is 0 Å². The van der Waals surface area contributed by atoms with E-state index in [4.69, 9.17) is 0 Å². The van der Waals surface area contributed by atoms with Gasteiger partial charge in [0.15, 0.2) is 0 Å².